The molecular formula is C11H23IN6. The number of hydrogen-bond donors (Lipinski definition) is 2. The van der Waals surface area contributed by atoms with E-state index in [1.54, 1.807) is 18.1 Å². The van der Waals surface area contributed by atoms with Gasteiger partial charge in [-0.15, -0.1) is 24.0 Å². The molecule has 0 amide bonds. The minimum Gasteiger partial charge on any atom is -0.356 e. The van der Waals surface area contributed by atoms with E-state index >= 15 is 0 Å². The van der Waals surface area contributed by atoms with Crippen molar-refractivity contribution >= 4 is 29.9 Å². The van der Waals surface area contributed by atoms with Crippen LogP contribution in [0, 0.1) is 0 Å². The standard InChI is InChI=1S/C11H22N6.HI/c1-4-5-6-7-13-11(12-2)14-8-10-15-9-16-17(10)3;/h9H,4-8H2,1-3H3,(H2,12,13,14);1H. The van der Waals surface area contributed by atoms with Gasteiger partial charge < -0.3 is 10.6 Å². The van der Waals surface area contributed by atoms with Crippen LogP contribution in [0.1, 0.15) is 32.0 Å². The molecule has 1 heterocycles. The molecule has 104 valence electrons. The Morgan fingerprint density at radius 2 is 2.17 bits per heavy atom. The zero-order valence-corrected chi connectivity index (χ0v) is 13.6. The molecule has 0 bridgehead atoms. The number of aryl methyl sites for hydroxylation is 1. The number of nitrogens with zero attached hydrogens (tertiary/aromatic N) is 4. The van der Waals surface area contributed by atoms with Crippen molar-refractivity contribution in [2.45, 2.75) is 32.7 Å². The van der Waals surface area contributed by atoms with E-state index in [0.29, 0.717) is 6.54 Å². The summed E-state index contributed by atoms with van der Waals surface area (Å²) in [6.07, 6.45) is 5.19. The largest absolute Gasteiger partial charge is 0.356 e. The highest BCUT2D eigenvalue weighted by molar-refractivity contribution is 14.0. The molecule has 1 aromatic heterocycles. The van der Waals surface area contributed by atoms with Crippen LogP contribution in [0.3, 0.4) is 0 Å². The normalized spacial score (nSPS) is 10.9. The van der Waals surface area contributed by atoms with Crippen LogP contribution < -0.4 is 10.6 Å². The number of aliphatic imine (C=N–C) groups is 1. The van der Waals surface area contributed by atoms with Gasteiger partial charge in [-0.05, 0) is 6.42 Å². The number of guanidine groups is 1. The van der Waals surface area contributed by atoms with E-state index in [9.17, 15) is 0 Å². The van der Waals surface area contributed by atoms with Crippen LogP contribution >= 0.6 is 24.0 Å². The van der Waals surface area contributed by atoms with Crippen molar-refractivity contribution in [3.05, 3.63) is 12.2 Å². The van der Waals surface area contributed by atoms with Gasteiger partial charge in [-0.25, -0.2) is 4.98 Å². The molecule has 0 atom stereocenters. The Kier molecular flexibility index (Phi) is 9.62. The summed E-state index contributed by atoms with van der Waals surface area (Å²) in [5.74, 6) is 1.70. The third kappa shape index (κ3) is 6.18. The first kappa shape index (κ1) is 17.1. The first-order valence-electron chi connectivity index (χ1n) is 6.05. The van der Waals surface area contributed by atoms with Crippen LogP contribution in [-0.4, -0.2) is 34.3 Å². The molecule has 0 saturated heterocycles. The Morgan fingerprint density at radius 3 is 2.72 bits per heavy atom. The average molecular weight is 366 g/mol. The van der Waals surface area contributed by atoms with E-state index in [1.807, 2.05) is 7.05 Å². The van der Waals surface area contributed by atoms with E-state index < -0.39 is 0 Å². The van der Waals surface area contributed by atoms with Gasteiger partial charge >= 0.3 is 0 Å². The number of halogens is 1. The maximum absolute atomic E-state index is 4.15. The zero-order chi connectivity index (χ0) is 12.5. The van der Waals surface area contributed by atoms with Gasteiger partial charge in [0.25, 0.3) is 0 Å². The van der Waals surface area contributed by atoms with Gasteiger partial charge in [-0.3, -0.25) is 9.67 Å². The van der Waals surface area contributed by atoms with Crippen molar-refractivity contribution in [2.75, 3.05) is 13.6 Å². The maximum atomic E-state index is 4.15. The first-order chi connectivity index (χ1) is 8.27. The molecule has 6 nitrogen and oxygen atoms in total. The van der Waals surface area contributed by atoms with Gasteiger partial charge in [0.05, 0.1) is 6.54 Å². The summed E-state index contributed by atoms with van der Waals surface area (Å²) < 4.78 is 1.75. The monoisotopic (exact) mass is 366 g/mol. The molecular weight excluding hydrogens is 343 g/mol. The summed E-state index contributed by atoms with van der Waals surface area (Å²) in [7, 11) is 3.65. The first-order valence-corrected chi connectivity index (χ1v) is 6.05. The fourth-order valence-corrected chi connectivity index (χ4v) is 1.45. The smallest absolute Gasteiger partial charge is 0.191 e. The Morgan fingerprint density at radius 1 is 1.39 bits per heavy atom. The second-order valence-corrected chi connectivity index (χ2v) is 3.86. The van der Waals surface area contributed by atoms with E-state index in [0.717, 1.165) is 18.3 Å². The SMILES string of the molecule is CCCCCNC(=NC)NCc1ncnn1C.I. The minimum absolute atomic E-state index is 0. The zero-order valence-electron chi connectivity index (χ0n) is 11.3. The summed E-state index contributed by atoms with van der Waals surface area (Å²) in [4.78, 5) is 8.29. The van der Waals surface area contributed by atoms with Crippen LogP contribution in [0.2, 0.25) is 0 Å². The molecule has 0 saturated carbocycles. The van der Waals surface area contributed by atoms with Crippen LogP contribution in [-0.2, 0) is 13.6 Å². The minimum atomic E-state index is 0. The van der Waals surface area contributed by atoms with Gasteiger partial charge in [-0.2, -0.15) is 5.10 Å². The molecule has 1 rings (SSSR count). The van der Waals surface area contributed by atoms with Gasteiger partial charge in [0.2, 0.25) is 0 Å². The summed E-state index contributed by atoms with van der Waals surface area (Å²) in [5, 5.41) is 10.5. The Labute approximate surface area is 126 Å². The number of rotatable bonds is 6. The number of hydrogen-bond acceptors (Lipinski definition) is 3. The predicted octanol–water partition coefficient (Wildman–Crippen LogP) is 1.29. The van der Waals surface area contributed by atoms with Gasteiger partial charge in [0, 0.05) is 20.6 Å². The van der Waals surface area contributed by atoms with E-state index in [4.69, 9.17) is 0 Å². The number of nitrogens with one attached hydrogen (secondary N) is 2. The summed E-state index contributed by atoms with van der Waals surface area (Å²) in [6.45, 7) is 3.78. The quantitative estimate of drug-likeness (QED) is 0.345. The predicted molar refractivity (Wildman–Crippen MR) is 84.1 cm³/mol. The molecule has 0 aliphatic rings. The van der Waals surface area contributed by atoms with Crippen molar-refractivity contribution in [3.63, 3.8) is 0 Å². The molecule has 0 aliphatic heterocycles. The number of unbranched alkanes of at least 4 members (excludes halogenated alkanes) is 2. The summed E-state index contributed by atoms with van der Waals surface area (Å²) >= 11 is 0. The van der Waals surface area contributed by atoms with Crippen molar-refractivity contribution < 1.29 is 0 Å². The van der Waals surface area contributed by atoms with E-state index in [1.165, 1.54) is 19.3 Å². The molecule has 0 fully saturated rings. The second kappa shape index (κ2) is 10.1. The summed E-state index contributed by atoms with van der Waals surface area (Å²) in [5.41, 5.74) is 0. The Hall–Kier alpha value is -0.860. The highest BCUT2D eigenvalue weighted by Crippen LogP contribution is 1.92. The lowest BCUT2D eigenvalue weighted by molar-refractivity contribution is 0.658. The highest BCUT2D eigenvalue weighted by atomic mass is 127. The van der Waals surface area contributed by atoms with E-state index in [2.05, 4.69) is 32.6 Å². The van der Waals surface area contributed by atoms with Crippen molar-refractivity contribution in [1.82, 2.24) is 25.4 Å². The lowest BCUT2D eigenvalue weighted by atomic mass is 10.2. The van der Waals surface area contributed by atoms with Gasteiger partial charge in [0.1, 0.15) is 12.2 Å². The van der Waals surface area contributed by atoms with Gasteiger partial charge in [-0.1, -0.05) is 19.8 Å². The second-order valence-electron chi connectivity index (χ2n) is 3.86. The fourth-order valence-electron chi connectivity index (χ4n) is 1.45. The molecule has 7 heteroatoms. The number of aromatic nitrogens is 3. The van der Waals surface area contributed by atoms with Crippen LogP contribution in [0.5, 0.6) is 0 Å². The molecule has 18 heavy (non-hydrogen) atoms. The maximum Gasteiger partial charge on any atom is 0.191 e. The fraction of sp³-hybridized carbons (Fsp3) is 0.727. The third-order valence-electron chi connectivity index (χ3n) is 2.52. The van der Waals surface area contributed by atoms with Crippen molar-refractivity contribution in [2.24, 2.45) is 12.0 Å². The van der Waals surface area contributed by atoms with Crippen molar-refractivity contribution in [1.29, 1.82) is 0 Å². The van der Waals surface area contributed by atoms with Crippen LogP contribution in [0.4, 0.5) is 0 Å². The third-order valence-corrected chi connectivity index (χ3v) is 2.52. The topological polar surface area (TPSA) is 67.1 Å². The Bertz CT molecular complexity index is 349. The molecule has 0 radical (unpaired) electrons. The van der Waals surface area contributed by atoms with Gasteiger partial charge in [0.15, 0.2) is 5.96 Å². The van der Waals surface area contributed by atoms with Crippen molar-refractivity contribution in [3.8, 4) is 0 Å². The molecule has 0 aromatic carbocycles. The highest BCUT2D eigenvalue weighted by Gasteiger charge is 2.01. The lowest BCUT2D eigenvalue weighted by Gasteiger charge is -2.11. The average Bonchev–Trinajstić information content (AvgIpc) is 2.74. The molecule has 0 spiro atoms. The lowest BCUT2D eigenvalue weighted by Crippen LogP contribution is -2.37. The summed E-state index contributed by atoms with van der Waals surface area (Å²) in [6, 6.07) is 0. The van der Waals surface area contributed by atoms with Crippen LogP contribution in [0.25, 0.3) is 0 Å². The molecule has 1 aromatic rings. The van der Waals surface area contributed by atoms with Crippen LogP contribution in [0.15, 0.2) is 11.3 Å². The van der Waals surface area contributed by atoms with E-state index in [-0.39, 0.29) is 24.0 Å². The Balaban J connectivity index is 0.00000289. The molecule has 0 aliphatic carbocycles. The molecule has 0 unspecified atom stereocenters. The molecule has 2 N–H and O–H groups in total.